The molecule has 0 aromatic heterocycles. The number of hydrogen-bond acceptors (Lipinski definition) is 3. The van der Waals surface area contributed by atoms with Gasteiger partial charge < -0.3 is 4.74 Å². The van der Waals surface area contributed by atoms with Gasteiger partial charge in [-0.2, -0.15) is 5.26 Å². The van der Waals surface area contributed by atoms with Crippen LogP contribution in [0.15, 0.2) is 29.8 Å². The van der Waals surface area contributed by atoms with Gasteiger partial charge in [-0.3, -0.25) is 4.79 Å². The fourth-order valence-corrected chi connectivity index (χ4v) is 2.64. The predicted octanol–water partition coefficient (Wildman–Crippen LogP) is 3.75. The summed E-state index contributed by atoms with van der Waals surface area (Å²) < 4.78 is 31.7. The molecule has 0 amide bonds. The molecule has 2 unspecified atom stereocenters. The Morgan fingerprint density at radius 1 is 1.45 bits per heavy atom. The molecule has 1 aromatic carbocycles. The van der Waals surface area contributed by atoms with Crippen molar-refractivity contribution >= 4 is 5.97 Å². The molecule has 0 heterocycles. The molecule has 116 valence electrons. The standard InChI is InChI=1S/C17H17F2NO2/c1-10(8-20)7-12-14(17(12,2)3)16(21)22-9-11-5-4-6-13(18)15(11)19/h4-7,12,14H,9H2,1-3H3/b10-7+. The highest BCUT2D eigenvalue weighted by atomic mass is 19.2. The lowest BCUT2D eigenvalue weighted by atomic mass is 10.1. The average Bonchev–Trinajstić information content (AvgIpc) is 3.01. The largest absolute Gasteiger partial charge is 0.460 e. The molecule has 0 N–H and O–H groups in total. The van der Waals surface area contributed by atoms with E-state index in [-0.39, 0.29) is 29.4 Å². The second-order valence-corrected chi connectivity index (χ2v) is 6.11. The Hall–Kier alpha value is -2.22. The van der Waals surface area contributed by atoms with Crippen LogP contribution in [-0.2, 0) is 16.1 Å². The molecule has 0 bridgehead atoms. The Balaban J connectivity index is 2.02. The molecule has 2 rings (SSSR count). The van der Waals surface area contributed by atoms with Crippen LogP contribution in [0.4, 0.5) is 8.78 Å². The lowest BCUT2D eigenvalue weighted by molar-refractivity contribution is -0.147. The third-order valence-corrected chi connectivity index (χ3v) is 4.17. The number of carbonyl (C=O) groups excluding carboxylic acids is 1. The molecule has 1 aromatic rings. The second kappa shape index (κ2) is 5.88. The summed E-state index contributed by atoms with van der Waals surface area (Å²) in [6.45, 7) is 5.20. The van der Waals surface area contributed by atoms with Crippen LogP contribution in [0.25, 0.3) is 0 Å². The van der Waals surface area contributed by atoms with Gasteiger partial charge in [0.2, 0.25) is 0 Å². The number of hydrogen-bond donors (Lipinski definition) is 0. The molecular weight excluding hydrogens is 288 g/mol. The Morgan fingerprint density at radius 3 is 2.77 bits per heavy atom. The molecule has 1 fully saturated rings. The van der Waals surface area contributed by atoms with Gasteiger partial charge >= 0.3 is 5.97 Å². The molecular formula is C17H17F2NO2. The van der Waals surface area contributed by atoms with Crippen LogP contribution in [-0.4, -0.2) is 5.97 Å². The minimum Gasteiger partial charge on any atom is -0.460 e. The van der Waals surface area contributed by atoms with E-state index in [0.29, 0.717) is 5.57 Å². The van der Waals surface area contributed by atoms with Gasteiger partial charge in [-0.1, -0.05) is 32.1 Å². The van der Waals surface area contributed by atoms with Crippen molar-refractivity contribution in [3.8, 4) is 6.07 Å². The van der Waals surface area contributed by atoms with Gasteiger partial charge in [0.25, 0.3) is 0 Å². The Kier molecular flexibility index (Phi) is 4.32. The molecule has 3 nitrogen and oxygen atoms in total. The number of rotatable bonds is 4. The number of ether oxygens (including phenoxy) is 1. The first kappa shape index (κ1) is 16.2. The first-order valence-corrected chi connectivity index (χ1v) is 6.97. The zero-order chi connectivity index (χ0) is 16.5. The van der Waals surface area contributed by atoms with E-state index < -0.39 is 17.6 Å². The molecule has 1 aliphatic carbocycles. The molecule has 22 heavy (non-hydrogen) atoms. The first-order chi connectivity index (χ1) is 10.3. The Morgan fingerprint density at radius 2 is 2.14 bits per heavy atom. The highest BCUT2D eigenvalue weighted by molar-refractivity contribution is 5.78. The molecule has 1 aliphatic rings. The quantitative estimate of drug-likeness (QED) is 0.629. The third kappa shape index (κ3) is 3.01. The molecule has 0 radical (unpaired) electrons. The molecule has 1 saturated carbocycles. The van der Waals surface area contributed by atoms with E-state index in [2.05, 4.69) is 0 Å². The number of halogens is 2. The van der Waals surface area contributed by atoms with Crippen molar-refractivity contribution in [3.05, 3.63) is 47.0 Å². The van der Waals surface area contributed by atoms with Crippen LogP contribution in [0.5, 0.6) is 0 Å². The van der Waals surface area contributed by atoms with Crippen molar-refractivity contribution in [3.63, 3.8) is 0 Å². The van der Waals surface area contributed by atoms with Crippen molar-refractivity contribution in [2.24, 2.45) is 17.3 Å². The summed E-state index contributed by atoms with van der Waals surface area (Å²) in [6.07, 6.45) is 1.76. The van der Waals surface area contributed by atoms with E-state index in [1.54, 1.807) is 13.0 Å². The molecule has 0 saturated heterocycles. The van der Waals surface area contributed by atoms with Crippen molar-refractivity contribution in [1.82, 2.24) is 0 Å². The van der Waals surface area contributed by atoms with Gasteiger partial charge in [0, 0.05) is 11.1 Å². The minimum atomic E-state index is -0.998. The lowest BCUT2D eigenvalue weighted by Gasteiger charge is -2.07. The van der Waals surface area contributed by atoms with Gasteiger partial charge in [-0.05, 0) is 24.3 Å². The number of allylic oxidation sites excluding steroid dienone is 2. The summed E-state index contributed by atoms with van der Waals surface area (Å²) in [5.74, 6) is -2.86. The SMILES string of the molecule is C/C(C#N)=C\C1C(C(=O)OCc2cccc(F)c2F)C1(C)C. The van der Waals surface area contributed by atoms with Gasteiger partial charge in [0.1, 0.15) is 6.61 Å². The predicted molar refractivity (Wildman–Crippen MR) is 76.3 cm³/mol. The van der Waals surface area contributed by atoms with Crippen LogP contribution in [0, 0.1) is 40.2 Å². The number of nitriles is 1. The Bertz CT molecular complexity index is 674. The zero-order valence-electron chi connectivity index (χ0n) is 12.7. The highest BCUT2D eigenvalue weighted by Crippen LogP contribution is 2.59. The van der Waals surface area contributed by atoms with Crippen molar-refractivity contribution in [1.29, 1.82) is 5.26 Å². The fourth-order valence-electron chi connectivity index (χ4n) is 2.64. The van der Waals surface area contributed by atoms with Crippen LogP contribution < -0.4 is 0 Å². The second-order valence-electron chi connectivity index (χ2n) is 6.11. The summed E-state index contributed by atoms with van der Waals surface area (Å²) in [7, 11) is 0. The molecule has 0 aliphatic heterocycles. The van der Waals surface area contributed by atoms with E-state index >= 15 is 0 Å². The van der Waals surface area contributed by atoms with Crippen molar-refractivity contribution in [2.75, 3.05) is 0 Å². The average molecular weight is 305 g/mol. The van der Waals surface area contributed by atoms with Gasteiger partial charge in [0.15, 0.2) is 11.6 Å². The number of esters is 1. The van der Waals surface area contributed by atoms with Crippen LogP contribution >= 0.6 is 0 Å². The highest BCUT2D eigenvalue weighted by Gasteiger charge is 2.61. The summed E-state index contributed by atoms with van der Waals surface area (Å²) >= 11 is 0. The zero-order valence-corrected chi connectivity index (χ0v) is 12.7. The maximum atomic E-state index is 13.5. The topological polar surface area (TPSA) is 50.1 Å². The van der Waals surface area contributed by atoms with Crippen LogP contribution in [0.2, 0.25) is 0 Å². The molecule has 0 spiro atoms. The third-order valence-electron chi connectivity index (χ3n) is 4.17. The minimum absolute atomic E-state index is 0.00658. The summed E-state index contributed by atoms with van der Waals surface area (Å²) in [5.41, 5.74) is 0.257. The molecule has 2 atom stereocenters. The van der Waals surface area contributed by atoms with Crippen molar-refractivity contribution in [2.45, 2.75) is 27.4 Å². The van der Waals surface area contributed by atoms with E-state index in [4.69, 9.17) is 10.00 Å². The van der Waals surface area contributed by atoms with E-state index in [1.165, 1.54) is 12.1 Å². The van der Waals surface area contributed by atoms with Gasteiger partial charge in [0.05, 0.1) is 12.0 Å². The smallest absolute Gasteiger partial charge is 0.310 e. The lowest BCUT2D eigenvalue weighted by Crippen LogP contribution is -2.11. The number of benzene rings is 1. The number of nitrogens with zero attached hydrogens (tertiary/aromatic N) is 1. The maximum Gasteiger partial charge on any atom is 0.310 e. The van der Waals surface area contributed by atoms with E-state index in [0.717, 1.165) is 6.07 Å². The number of carbonyl (C=O) groups is 1. The monoisotopic (exact) mass is 305 g/mol. The van der Waals surface area contributed by atoms with Gasteiger partial charge in [-0.25, -0.2) is 8.78 Å². The van der Waals surface area contributed by atoms with E-state index in [9.17, 15) is 13.6 Å². The van der Waals surface area contributed by atoms with Gasteiger partial charge in [-0.15, -0.1) is 0 Å². The maximum absolute atomic E-state index is 13.5. The van der Waals surface area contributed by atoms with Crippen molar-refractivity contribution < 1.29 is 18.3 Å². The summed E-state index contributed by atoms with van der Waals surface area (Å²) in [4.78, 5) is 12.1. The summed E-state index contributed by atoms with van der Waals surface area (Å²) in [5, 5.41) is 8.80. The summed E-state index contributed by atoms with van der Waals surface area (Å²) in [6, 6.07) is 5.77. The first-order valence-electron chi connectivity index (χ1n) is 6.97. The Labute approximate surface area is 128 Å². The van der Waals surface area contributed by atoms with Crippen LogP contribution in [0.1, 0.15) is 26.3 Å². The van der Waals surface area contributed by atoms with Crippen LogP contribution in [0.3, 0.4) is 0 Å². The fraction of sp³-hybridized carbons (Fsp3) is 0.412. The normalized spacial score (nSPS) is 22.8. The molecule has 5 heteroatoms. The van der Waals surface area contributed by atoms with E-state index in [1.807, 2.05) is 19.9 Å².